The van der Waals surface area contributed by atoms with Crippen LogP contribution in [-0.4, -0.2) is 119 Å². The number of rotatable bonds is 10. The van der Waals surface area contributed by atoms with Crippen molar-refractivity contribution in [3.63, 3.8) is 0 Å². The molecule has 2 heterocycles. The lowest BCUT2D eigenvalue weighted by molar-refractivity contribution is -0.287. The summed E-state index contributed by atoms with van der Waals surface area (Å²) in [5.41, 5.74) is 2.43. The van der Waals surface area contributed by atoms with Crippen molar-refractivity contribution in [1.82, 2.24) is 9.80 Å². The van der Waals surface area contributed by atoms with Crippen molar-refractivity contribution in [1.29, 1.82) is 0 Å². The molecule has 6 atom stereocenters. The molecule has 224 valence electrons. The Hall–Kier alpha value is -1.54. The van der Waals surface area contributed by atoms with Crippen LogP contribution in [0, 0.1) is 0 Å². The Bertz CT molecular complexity index is 1010. The SMILES string of the molecule is Cl.Cl.O=C(COCCN1CCN(C(c2ccccc2)c2ccc(Cl)cc2)CC1)OC[C@H]1OC(O)[C@H](O)[C@@H](O)[C@H]1O. The molecule has 40 heavy (non-hydrogen) atoms. The van der Waals surface area contributed by atoms with Gasteiger partial charge in [0.2, 0.25) is 0 Å². The van der Waals surface area contributed by atoms with Gasteiger partial charge in [-0.25, -0.2) is 4.79 Å². The predicted molar refractivity (Wildman–Crippen MR) is 153 cm³/mol. The Balaban J connectivity index is 0.00000280. The van der Waals surface area contributed by atoms with Gasteiger partial charge in [-0.05, 0) is 23.3 Å². The molecule has 13 heteroatoms. The number of halogens is 3. The summed E-state index contributed by atoms with van der Waals surface area (Å²) in [5, 5.41) is 39.4. The van der Waals surface area contributed by atoms with E-state index in [0.29, 0.717) is 18.2 Å². The second kappa shape index (κ2) is 16.8. The first kappa shape index (κ1) is 34.7. The number of piperazine rings is 1. The van der Waals surface area contributed by atoms with Crippen LogP contribution in [0.15, 0.2) is 54.6 Å². The van der Waals surface area contributed by atoms with Gasteiger partial charge in [-0.1, -0.05) is 54.1 Å². The van der Waals surface area contributed by atoms with Crippen molar-refractivity contribution in [2.45, 2.75) is 36.7 Å². The van der Waals surface area contributed by atoms with Crippen LogP contribution in [0.1, 0.15) is 17.2 Å². The van der Waals surface area contributed by atoms with Crippen LogP contribution < -0.4 is 0 Å². The summed E-state index contributed by atoms with van der Waals surface area (Å²) < 4.78 is 15.5. The van der Waals surface area contributed by atoms with Crippen molar-refractivity contribution < 1.29 is 39.4 Å². The number of benzene rings is 2. The topological polar surface area (TPSA) is 132 Å². The summed E-state index contributed by atoms with van der Waals surface area (Å²) in [4.78, 5) is 16.7. The van der Waals surface area contributed by atoms with Crippen LogP contribution >= 0.6 is 36.4 Å². The first-order chi connectivity index (χ1) is 18.3. The summed E-state index contributed by atoms with van der Waals surface area (Å²) in [7, 11) is 0. The quantitative estimate of drug-likeness (QED) is 0.227. The third-order valence-electron chi connectivity index (χ3n) is 6.94. The van der Waals surface area contributed by atoms with E-state index in [1.807, 2.05) is 18.2 Å². The highest BCUT2D eigenvalue weighted by molar-refractivity contribution is 6.30. The van der Waals surface area contributed by atoms with E-state index in [2.05, 4.69) is 46.2 Å². The molecule has 4 N–H and O–H groups in total. The van der Waals surface area contributed by atoms with Crippen molar-refractivity contribution in [3.05, 3.63) is 70.7 Å². The van der Waals surface area contributed by atoms with E-state index < -0.39 is 36.7 Å². The number of esters is 1. The second-order valence-corrected chi connectivity index (χ2v) is 9.95. The molecule has 2 unspecified atom stereocenters. The van der Waals surface area contributed by atoms with Crippen LogP contribution in [0.4, 0.5) is 0 Å². The molecule has 2 saturated heterocycles. The predicted octanol–water partition coefficient (Wildman–Crippen LogP) is 1.25. The fraction of sp³-hybridized carbons (Fsp3) is 0.519. The number of hydrogen-bond acceptors (Lipinski definition) is 10. The lowest BCUT2D eigenvalue weighted by Crippen LogP contribution is -2.58. The Morgan fingerprint density at radius 2 is 1.52 bits per heavy atom. The van der Waals surface area contributed by atoms with Gasteiger partial charge in [-0.3, -0.25) is 9.80 Å². The van der Waals surface area contributed by atoms with Gasteiger partial charge in [0.1, 0.15) is 37.6 Å². The number of ether oxygens (including phenoxy) is 3. The van der Waals surface area contributed by atoms with Crippen LogP contribution in [0.5, 0.6) is 0 Å². The minimum atomic E-state index is -1.68. The van der Waals surface area contributed by atoms with E-state index in [-0.39, 0.29) is 44.1 Å². The number of aliphatic hydroxyl groups is 4. The first-order valence-electron chi connectivity index (χ1n) is 12.7. The molecule has 2 aromatic carbocycles. The number of aliphatic hydroxyl groups excluding tert-OH is 4. The minimum absolute atomic E-state index is 0. The smallest absolute Gasteiger partial charge is 0.332 e. The van der Waals surface area contributed by atoms with Gasteiger partial charge in [0.15, 0.2) is 6.29 Å². The van der Waals surface area contributed by atoms with E-state index in [0.717, 1.165) is 26.2 Å². The zero-order valence-corrected chi connectivity index (χ0v) is 24.2. The Kier molecular flexibility index (Phi) is 14.5. The van der Waals surface area contributed by atoms with Crippen molar-refractivity contribution in [2.75, 3.05) is 52.5 Å². The van der Waals surface area contributed by atoms with Gasteiger partial charge in [-0.15, -0.1) is 24.8 Å². The molecule has 0 radical (unpaired) electrons. The monoisotopic (exact) mass is 622 g/mol. The standard InChI is InChI=1S/C27H35ClN2O8.2ClH/c28-20-8-6-19(7-9-20)23(18-4-2-1-3-5-18)30-12-10-29(11-13-30)14-15-36-17-22(31)37-16-21-24(32)25(33)26(34)27(35)38-21;;/h1-9,21,23-27,32-35H,10-17H2;2*1H/t21-,23?,24+,25+,26-,27?;;/m1../s1. The van der Waals surface area contributed by atoms with Gasteiger partial charge in [0.05, 0.1) is 12.6 Å². The van der Waals surface area contributed by atoms with Gasteiger partial charge in [-0.2, -0.15) is 0 Å². The van der Waals surface area contributed by atoms with Crippen molar-refractivity contribution in [3.8, 4) is 0 Å². The summed E-state index contributed by atoms with van der Waals surface area (Å²) in [5.74, 6) is -0.658. The maximum atomic E-state index is 12.0. The molecular weight excluding hydrogens is 587 g/mol. The summed E-state index contributed by atoms with van der Waals surface area (Å²) >= 11 is 6.12. The fourth-order valence-corrected chi connectivity index (χ4v) is 4.90. The first-order valence-corrected chi connectivity index (χ1v) is 13.1. The number of nitrogens with zero attached hydrogens (tertiary/aromatic N) is 2. The molecule has 0 saturated carbocycles. The van der Waals surface area contributed by atoms with E-state index in [1.165, 1.54) is 11.1 Å². The van der Waals surface area contributed by atoms with Crippen LogP contribution in [-0.2, 0) is 19.0 Å². The molecule has 0 spiro atoms. The minimum Gasteiger partial charge on any atom is -0.461 e. The number of carbonyl (C=O) groups excluding carboxylic acids is 1. The molecule has 4 rings (SSSR count). The highest BCUT2D eigenvalue weighted by Gasteiger charge is 2.43. The van der Waals surface area contributed by atoms with E-state index in [4.69, 9.17) is 25.8 Å². The molecular formula is C27H37Cl3N2O8. The van der Waals surface area contributed by atoms with Gasteiger partial charge in [0, 0.05) is 37.7 Å². The van der Waals surface area contributed by atoms with Gasteiger partial charge in [0.25, 0.3) is 0 Å². The summed E-state index contributed by atoms with van der Waals surface area (Å²) in [6, 6.07) is 18.6. The zero-order chi connectivity index (χ0) is 27.1. The third-order valence-corrected chi connectivity index (χ3v) is 7.19. The second-order valence-electron chi connectivity index (χ2n) is 9.51. The molecule has 0 aliphatic carbocycles. The number of hydrogen-bond donors (Lipinski definition) is 4. The van der Waals surface area contributed by atoms with Crippen LogP contribution in [0.2, 0.25) is 5.02 Å². The normalized spacial score (nSPS) is 26.3. The maximum Gasteiger partial charge on any atom is 0.332 e. The van der Waals surface area contributed by atoms with Gasteiger partial charge >= 0.3 is 5.97 Å². The Labute approximate surface area is 251 Å². The molecule has 0 bridgehead atoms. The highest BCUT2D eigenvalue weighted by Crippen LogP contribution is 2.30. The van der Waals surface area contributed by atoms with E-state index in [9.17, 15) is 25.2 Å². The average molecular weight is 624 g/mol. The van der Waals surface area contributed by atoms with Crippen LogP contribution in [0.25, 0.3) is 0 Å². The molecule has 2 aliphatic rings. The van der Waals surface area contributed by atoms with E-state index >= 15 is 0 Å². The van der Waals surface area contributed by atoms with Crippen LogP contribution in [0.3, 0.4) is 0 Å². The van der Waals surface area contributed by atoms with Crippen molar-refractivity contribution in [2.24, 2.45) is 0 Å². The summed E-state index contributed by atoms with van der Waals surface area (Å²) in [6.45, 7) is 3.82. The lowest BCUT2D eigenvalue weighted by atomic mass is 9.96. The molecule has 2 fully saturated rings. The van der Waals surface area contributed by atoms with Gasteiger partial charge < -0.3 is 34.6 Å². The molecule has 0 amide bonds. The fourth-order valence-electron chi connectivity index (χ4n) is 4.77. The molecule has 2 aromatic rings. The zero-order valence-electron chi connectivity index (χ0n) is 21.8. The highest BCUT2D eigenvalue weighted by atomic mass is 35.5. The Morgan fingerprint density at radius 3 is 2.17 bits per heavy atom. The Morgan fingerprint density at radius 1 is 0.900 bits per heavy atom. The molecule has 2 aliphatic heterocycles. The van der Waals surface area contributed by atoms with Crippen molar-refractivity contribution >= 4 is 42.4 Å². The largest absolute Gasteiger partial charge is 0.461 e. The molecule has 10 nitrogen and oxygen atoms in total. The average Bonchev–Trinajstić information content (AvgIpc) is 2.94. The lowest BCUT2D eigenvalue weighted by Gasteiger charge is -2.39. The molecule has 0 aromatic heterocycles. The number of carbonyl (C=O) groups is 1. The maximum absolute atomic E-state index is 12.0. The van der Waals surface area contributed by atoms with E-state index in [1.54, 1.807) is 0 Å². The summed E-state index contributed by atoms with van der Waals surface area (Å²) in [6.07, 6.45) is -7.57. The third kappa shape index (κ3) is 9.23.